The van der Waals surface area contributed by atoms with Gasteiger partial charge in [-0.15, -0.1) is 0 Å². The molecule has 0 aliphatic carbocycles. The fourth-order valence-electron chi connectivity index (χ4n) is 4.06. The number of anilines is 1. The van der Waals surface area contributed by atoms with Gasteiger partial charge in [-0.25, -0.2) is 9.18 Å². The predicted octanol–water partition coefficient (Wildman–Crippen LogP) is 3.94. The summed E-state index contributed by atoms with van der Waals surface area (Å²) in [6, 6.07) is 12.1. The Morgan fingerprint density at radius 1 is 1.17 bits per heavy atom. The van der Waals surface area contributed by atoms with Crippen LogP contribution in [0.3, 0.4) is 0 Å². The number of carbonyl (C=O) groups excluding carboxylic acids is 2. The molecule has 3 amide bonds. The number of amides is 3. The third-order valence-electron chi connectivity index (χ3n) is 5.68. The highest BCUT2D eigenvalue weighted by Crippen LogP contribution is 2.26. The van der Waals surface area contributed by atoms with E-state index in [0.29, 0.717) is 29.8 Å². The van der Waals surface area contributed by atoms with Gasteiger partial charge in [-0.05, 0) is 31.4 Å². The summed E-state index contributed by atoms with van der Waals surface area (Å²) in [4.78, 5) is 27.2. The normalized spacial score (nSPS) is 16.1. The van der Waals surface area contributed by atoms with Crippen molar-refractivity contribution >= 4 is 28.5 Å². The van der Waals surface area contributed by atoms with E-state index in [-0.39, 0.29) is 24.3 Å². The van der Waals surface area contributed by atoms with Gasteiger partial charge < -0.3 is 20.1 Å². The molecular formula is C23H25FN4O2. The average molecular weight is 408 g/mol. The van der Waals surface area contributed by atoms with Crippen LogP contribution in [0.1, 0.15) is 24.0 Å². The Bertz CT molecular complexity index is 1110. The number of hydrogen-bond acceptors (Lipinski definition) is 2. The molecule has 1 fully saturated rings. The van der Waals surface area contributed by atoms with Gasteiger partial charge in [0.25, 0.3) is 0 Å². The molecule has 2 aromatic carbocycles. The van der Waals surface area contributed by atoms with Crippen LogP contribution in [0.5, 0.6) is 0 Å². The lowest BCUT2D eigenvalue weighted by molar-refractivity contribution is -0.124. The number of hydrogen-bond donors (Lipinski definition) is 2. The number of halogens is 1. The fourth-order valence-corrected chi connectivity index (χ4v) is 4.06. The van der Waals surface area contributed by atoms with Gasteiger partial charge in [0.15, 0.2) is 0 Å². The lowest BCUT2D eigenvalue weighted by Gasteiger charge is -2.24. The van der Waals surface area contributed by atoms with Gasteiger partial charge in [0.2, 0.25) is 5.91 Å². The van der Waals surface area contributed by atoms with E-state index in [2.05, 4.69) is 10.6 Å². The van der Waals surface area contributed by atoms with Gasteiger partial charge in [-0.2, -0.15) is 0 Å². The molecule has 0 saturated carbocycles. The molecule has 0 spiro atoms. The first-order valence-electron chi connectivity index (χ1n) is 10.1. The first-order valence-corrected chi connectivity index (χ1v) is 10.1. The number of benzene rings is 2. The number of aromatic nitrogens is 1. The zero-order valence-corrected chi connectivity index (χ0v) is 17.1. The van der Waals surface area contributed by atoms with Gasteiger partial charge >= 0.3 is 6.03 Å². The number of fused-ring (bicyclic) bond motifs is 1. The highest BCUT2D eigenvalue weighted by molar-refractivity contribution is 6.02. The van der Waals surface area contributed by atoms with Crippen molar-refractivity contribution in [2.45, 2.75) is 32.4 Å². The monoisotopic (exact) mass is 408 g/mol. The maximum Gasteiger partial charge on any atom is 0.322 e. The summed E-state index contributed by atoms with van der Waals surface area (Å²) < 4.78 is 16.1. The molecule has 2 heterocycles. The summed E-state index contributed by atoms with van der Waals surface area (Å²) in [6.45, 7) is 2.30. The molecule has 3 aromatic rings. The zero-order valence-electron chi connectivity index (χ0n) is 17.1. The maximum absolute atomic E-state index is 14.2. The molecule has 6 nitrogen and oxygen atoms in total. The first-order chi connectivity index (χ1) is 14.5. The summed E-state index contributed by atoms with van der Waals surface area (Å²) >= 11 is 0. The predicted molar refractivity (Wildman–Crippen MR) is 115 cm³/mol. The van der Waals surface area contributed by atoms with E-state index >= 15 is 0 Å². The molecule has 7 heteroatoms. The summed E-state index contributed by atoms with van der Waals surface area (Å²) in [7, 11) is 1.93. The summed E-state index contributed by atoms with van der Waals surface area (Å²) in [5.74, 6) is -0.573. The molecule has 1 unspecified atom stereocenters. The average Bonchev–Trinajstić information content (AvgIpc) is 3.35. The highest BCUT2D eigenvalue weighted by atomic mass is 19.1. The molecule has 1 aliphatic heterocycles. The van der Waals surface area contributed by atoms with Crippen molar-refractivity contribution in [3.05, 3.63) is 65.6 Å². The van der Waals surface area contributed by atoms with Crippen LogP contribution in [-0.4, -0.2) is 34.0 Å². The summed E-state index contributed by atoms with van der Waals surface area (Å²) in [6.07, 6.45) is 3.21. The van der Waals surface area contributed by atoms with Crippen molar-refractivity contribution in [3.63, 3.8) is 0 Å². The molecule has 2 N–H and O–H groups in total. The second-order valence-electron chi connectivity index (χ2n) is 7.72. The molecular weight excluding hydrogens is 383 g/mol. The third kappa shape index (κ3) is 3.75. The topological polar surface area (TPSA) is 66.4 Å². The molecule has 156 valence electrons. The van der Waals surface area contributed by atoms with E-state index in [1.54, 1.807) is 30.0 Å². The number of likely N-dealkylation sites (tertiary alicyclic amines) is 1. The number of aryl methyl sites for hydroxylation is 2. The Morgan fingerprint density at radius 2 is 1.97 bits per heavy atom. The molecule has 1 aliphatic rings. The van der Waals surface area contributed by atoms with Gasteiger partial charge in [0.1, 0.15) is 11.9 Å². The number of carbonyl (C=O) groups is 2. The van der Waals surface area contributed by atoms with Gasteiger partial charge in [-0.3, -0.25) is 4.79 Å². The third-order valence-corrected chi connectivity index (χ3v) is 5.68. The lowest BCUT2D eigenvalue weighted by atomic mass is 10.1. The first kappa shape index (κ1) is 19.9. The Balaban J connectivity index is 1.44. The van der Waals surface area contributed by atoms with Gasteiger partial charge in [-0.1, -0.05) is 36.4 Å². The number of nitrogens with one attached hydrogen (secondary N) is 2. The molecule has 1 saturated heterocycles. The van der Waals surface area contributed by atoms with Crippen molar-refractivity contribution in [3.8, 4) is 0 Å². The van der Waals surface area contributed by atoms with E-state index in [0.717, 1.165) is 17.3 Å². The number of rotatable bonds is 4. The van der Waals surface area contributed by atoms with Gasteiger partial charge in [0.05, 0.1) is 5.69 Å². The second kappa shape index (κ2) is 8.18. The van der Waals surface area contributed by atoms with E-state index in [1.807, 2.05) is 42.1 Å². The van der Waals surface area contributed by atoms with Crippen molar-refractivity contribution in [1.29, 1.82) is 0 Å². The Morgan fingerprint density at radius 3 is 2.80 bits per heavy atom. The van der Waals surface area contributed by atoms with E-state index in [4.69, 9.17) is 0 Å². The lowest BCUT2D eigenvalue weighted by Crippen LogP contribution is -2.47. The molecule has 0 bridgehead atoms. The van der Waals surface area contributed by atoms with Crippen LogP contribution in [0, 0.1) is 12.7 Å². The smallest absolute Gasteiger partial charge is 0.322 e. The minimum Gasteiger partial charge on any atom is -0.350 e. The number of para-hydroxylation sites is 1. The quantitative estimate of drug-likeness (QED) is 0.687. The number of urea groups is 1. The SMILES string of the molecule is Cc1cccc(CNC(=O)C2CCCN2C(=O)Nc2cn(C)c3ccccc23)c1F. The van der Waals surface area contributed by atoms with Crippen LogP contribution in [-0.2, 0) is 18.4 Å². The van der Waals surface area contributed by atoms with Gasteiger partial charge in [0, 0.05) is 42.8 Å². The Hall–Kier alpha value is -3.35. The largest absolute Gasteiger partial charge is 0.350 e. The minimum atomic E-state index is -0.562. The van der Waals surface area contributed by atoms with Crippen molar-refractivity contribution in [2.75, 3.05) is 11.9 Å². The fraction of sp³-hybridized carbons (Fsp3) is 0.304. The summed E-state index contributed by atoms with van der Waals surface area (Å²) in [5.41, 5.74) is 2.71. The van der Waals surface area contributed by atoms with Crippen LogP contribution in [0.25, 0.3) is 10.9 Å². The molecule has 0 radical (unpaired) electrons. The molecule has 1 aromatic heterocycles. The Kier molecular flexibility index (Phi) is 5.44. The van der Waals surface area contributed by atoms with Crippen LogP contribution < -0.4 is 10.6 Å². The molecule has 30 heavy (non-hydrogen) atoms. The molecule has 4 rings (SSSR count). The minimum absolute atomic E-state index is 0.0988. The Labute approximate surface area is 174 Å². The van der Waals surface area contributed by atoms with Crippen LogP contribution in [0.2, 0.25) is 0 Å². The standard InChI is InChI=1S/C23H25FN4O2/c1-15-7-5-8-16(21(15)24)13-25-22(29)20-11-6-12-28(20)23(30)26-18-14-27(2)19-10-4-3-9-17(18)19/h3-5,7-10,14,20H,6,11-13H2,1-2H3,(H,25,29)(H,26,30). The van der Waals surface area contributed by atoms with Crippen LogP contribution >= 0.6 is 0 Å². The van der Waals surface area contributed by atoms with Crippen LogP contribution in [0.4, 0.5) is 14.9 Å². The van der Waals surface area contributed by atoms with E-state index in [1.165, 1.54) is 0 Å². The van der Waals surface area contributed by atoms with Crippen molar-refractivity contribution < 1.29 is 14.0 Å². The van der Waals surface area contributed by atoms with E-state index in [9.17, 15) is 14.0 Å². The molecule has 1 atom stereocenters. The number of nitrogens with zero attached hydrogens (tertiary/aromatic N) is 2. The van der Waals surface area contributed by atoms with Crippen molar-refractivity contribution in [1.82, 2.24) is 14.8 Å². The maximum atomic E-state index is 14.2. The summed E-state index contributed by atoms with van der Waals surface area (Å²) in [5, 5.41) is 6.68. The van der Waals surface area contributed by atoms with Crippen LogP contribution in [0.15, 0.2) is 48.7 Å². The second-order valence-corrected chi connectivity index (χ2v) is 7.72. The van der Waals surface area contributed by atoms with Crippen molar-refractivity contribution in [2.24, 2.45) is 7.05 Å². The zero-order chi connectivity index (χ0) is 21.3. The van der Waals surface area contributed by atoms with E-state index < -0.39 is 6.04 Å². The highest BCUT2D eigenvalue weighted by Gasteiger charge is 2.34.